The lowest BCUT2D eigenvalue weighted by Crippen LogP contribution is -2.38. The second kappa shape index (κ2) is 6.76. The fourth-order valence-corrected chi connectivity index (χ4v) is 3.62. The van der Waals surface area contributed by atoms with Gasteiger partial charge < -0.3 is 5.32 Å². The standard InChI is InChI=1S/C17H20FN3OS/c1-11(2)21-8-7-12(10-21)20-16(22)15-9-19-17(23-15)13-5-3-4-6-14(13)18/h3-6,9,11-12H,7-8,10H2,1-2H3,(H,20,22). The fourth-order valence-electron chi connectivity index (χ4n) is 2.77. The maximum Gasteiger partial charge on any atom is 0.263 e. The molecule has 1 aliphatic heterocycles. The summed E-state index contributed by atoms with van der Waals surface area (Å²) in [7, 11) is 0. The van der Waals surface area contributed by atoms with Crippen molar-refractivity contribution in [3.8, 4) is 10.6 Å². The largest absolute Gasteiger partial charge is 0.347 e. The monoisotopic (exact) mass is 333 g/mol. The van der Waals surface area contributed by atoms with Gasteiger partial charge in [-0.05, 0) is 32.4 Å². The summed E-state index contributed by atoms with van der Waals surface area (Å²) in [4.78, 5) is 19.4. The quantitative estimate of drug-likeness (QED) is 0.935. The number of benzene rings is 1. The third-order valence-electron chi connectivity index (χ3n) is 4.12. The Balaban J connectivity index is 1.67. The summed E-state index contributed by atoms with van der Waals surface area (Å²) in [5, 5.41) is 3.59. The summed E-state index contributed by atoms with van der Waals surface area (Å²) in [5.74, 6) is -0.446. The van der Waals surface area contributed by atoms with Crippen LogP contribution in [0.1, 0.15) is 29.9 Å². The van der Waals surface area contributed by atoms with E-state index in [0.29, 0.717) is 21.5 Å². The van der Waals surface area contributed by atoms with Crippen LogP contribution >= 0.6 is 11.3 Å². The fraction of sp³-hybridized carbons (Fsp3) is 0.412. The molecule has 122 valence electrons. The lowest BCUT2D eigenvalue weighted by atomic mass is 10.2. The lowest BCUT2D eigenvalue weighted by Gasteiger charge is -2.20. The van der Waals surface area contributed by atoms with Gasteiger partial charge in [0.15, 0.2) is 0 Å². The molecule has 1 saturated heterocycles. The van der Waals surface area contributed by atoms with Gasteiger partial charge in [0.1, 0.15) is 15.7 Å². The predicted molar refractivity (Wildman–Crippen MR) is 90.1 cm³/mol. The van der Waals surface area contributed by atoms with Crippen LogP contribution < -0.4 is 5.32 Å². The highest BCUT2D eigenvalue weighted by molar-refractivity contribution is 7.16. The highest BCUT2D eigenvalue weighted by atomic mass is 32.1. The number of nitrogens with zero attached hydrogens (tertiary/aromatic N) is 2. The molecular formula is C17H20FN3OS. The minimum absolute atomic E-state index is 0.124. The number of carbonyl (C=O) groups is 1. The molecule has 1 atom stereocenters. The molecule has 0 radical (unpaired) electrons. The normalized spacial score (nSPS) is 18.5. The summed E-state index contributed by atoms with van der Waals surface area (Å²) < 4.78 is 13.8. The Morgan fingerprint density at radius 2 is 2.22 bits per heavy atom. The summed E-state index contributed by atoms with van der Waals surface area (Å²) in [5.41, 5.74) is 0.434. The van der Waals surface area contributed by atoms with Crippen molar-refractivity contribution in [1.82, 2.24) is 15.2 Å². The van der Waals surface area contributed by atoms with E-state index in [1.807, 2.05) is 0 Å². The van der Waals surface area contributed by atoms with Crippen LogP contribution in [0.4, 0.5) is 4.39 Å². The molecule has 0 saturated carbocycles. The minimum atomic E-state index is -0.322. The van der Waals surface area contributed by atoms with Gasteiger partial charge in [-0.15, -0.1) is 11.3 Å². The zero-order valence-corrected chi connectivity index (χ0v) is 14.1. The summed E-state index contributed by atoms with van der Waals surface area (Å²) in [6.07, 6.45) is 2.49. The van der Waals surface area contributed by atoms with Crippen LogP contribution in [0.2, 0.25) is 0 Å². The highest BCUT2D eigenvalue weighted by Gasteiger charge is 2.26. The Hall–Kier alpha value is -1.79. The second-order valence-corrected chi connectivity index (χ2v) is 7.09. The Morgan fingerprint density at radius 1 is 1.43 bits per heavy atom. The van der Waals surface area contributed by atoms with Crippen LogP contribution in [-0.4, -0.2) is 41.0 Å². The third kappa shape index (κ3) is 3.59. The topological polar surface area (TPSA) is 45.2 Å². The molecule has 23 heavy (non-hydrogen) atoms. The summed E-state index contributed by atoms with van der Waals surface area (Å²) in [6, 6.07) is 7.14. The summed E-state index contributed by atoms with van der Waals surface area (Å²) >= 11 is 1.22. The zero-order chi connectivity index (χ0) is 16.4. The van der Waals surface area contributed by atoms with E-state index in [2.05, 4.69) is 29.0 Å². The van der Waals surface area contributed by atoms with Gasteiger partial charge in [-0.3, -0.25) is 9.69 Å². The molecule has 6 heteroatoms. The molecule has 1 aromatic carbocycles. The number of rotatable bonds is 4. The van der Waals surface area contributed by atoms with Gasteiger partial charge in [0.2, 0.25) is 0 Å². The molecule has 0 spiro atoms. The first-order chi connectivity index (χ1) is 11.0. The van der Waals surface area contributed by atoms with E-state index in [1.165, 1.54) is 23.6 Å². The number of thiazole rings is 1. The van der Waals surface area contributed by atoms with Crippen molar-refractivity contribution in [2.45, 2.75) is 32.4 Å². The molecular weight excluding hydrogens is 313 g/mol. The summed E-state index contributed by atoms with van der Waals surface area (Å²) in [6.45, 7) is 6.20. The zero-order valence-electron chi connectivity index (χ0n) is 13.3. The predicted octanol–water partition coefficient (Wildman–Crippen LogP) is 3.16. The van der Waals surface area contributed by atoms with E-state index in [-0.39, 0.29) is 17.8 Å². The number of carbonyl (C=O) groups excluding carboxylic acids is 1. The second-order valence-electron chi connectivity index (χ2n) is 6.06. The molecule has 1 aliphatic rings. The van der Waals surface area contributed by atoms with E-state index in [9.17, 15) is 9.18 Å². The van der Waals surface area contributed by atoms with Gasteiger partial charge in [-0.25, -0.2) is 9.37 Å². The number of halogens is 1. The average molecular weight is 333 g/mol. The molecule has 1 unspecified atom stereocenters. The number of hydrogen-bond acceptors (Lipinski definition) is 4. The average Bonchev–Trinajstić information content (AvgIpc) is 3.16. The lowest BCUT2D eigenvalue weighted by molar-refractivity contribution is 0.0940. The van der Waals surface area contributed by atoms with Crippen molar-refractivity contribution in [3.05, 3.63) is 41.2 Å². The maximum absolute atomic E-state index is 13.8. The molecule has 2 heterocycles. The van der Waals surface area contributed by atoms with Gasteiger partial charge in [0, 0.05) is 30.7 Å². The molecule has 1 amide bonds. The van der Waals surface area contributed by atoms with Crippen LogP contribution in [0.5, 0.6) is 0 Å². The third-order valence-corrected chi connectivity index (χ3v) is 5.15. The van der Waals surface area contributed by atoms with Crippen LogP contribution in [0.25, 0.3) is 10.6 Å². The molecule has 3 rings (SSSR count). The smallest absolute Gasteiger partial charge is 0.263 e. The van der Waals surface area contributed by atoms with Crippen molar-refractivity contribution in [1.29, 1.82) is 0 Å². The van der Waals surface area contributed by atoms with Crippen molar-refractivity contribution in [2.24, 2.45) is 0 Å². The van der Waals surface area contributed by atoms with E-state index >= 15 is 0 Å². The van der Waals surface area contributed by atoms with Crippen LogP contribution in [0, 0.1) is 5.82 Å². The molecule has 1 fully saturated rings. The first-order valence-corrected chi connectivity index (χ1v) is 8.62. The molecule has 1 N–H and O–H groups in total. The van der Waals surface area contributed by atoms with Gasteiger partial charge in [-0.1, -0.05) is 12.1 Å². The van der Waals surface area contributed by atoms with E-state index in [0.717, 1.165) is 19.5 Å². The van der Waals surface area contributed by atoms with Gasteiger partial charge in [0.05, 0.1) is 6.20 Å². The van der Waals surface area contributed by atoms with E-state index in [4.69, 9.17) is 0 Å². The van der Waals surface area contributed by atoms with Crippen LogP contribution in [-0.2, 0) is 0 Å². The van der Waals surface area contributed by atoms with Gasteiger partial charge >= 0.3 is 0 Å². The van der Waals surface area contributed by atoms with E-state index in [1.54, 1.807) is 18.2 Å². The molecule has 1 aromatic heterocycles. The van der Waals surface area contributed by atoms with Gasteiger partial charge in [-0.2, -0.15) is 0 Å². The molecule has 0 bridgehead atoms. The SMILES string of the molecule is CC(C)N1CCC(NC(=O)c2cnc(-c3ccccc3F)s2)C1. The van der Waals surface area contributed by atoms with Crippen LogP contribution in [0.15, 0.2) is 30.5 Å². The minimum Gasteiger partial charge on any atom is -0.347 e. The van der Waals surface area contributed by atoms with Crippen molar-refractivity contribution >= 4 is 17.2 Å². The number of amides is 1. The van der Waals surface area contributed by atoms with Gasteiger partial charge in [0.25, 0.3) is 5.91 Å². The Labute approximate surface area is 139 Å². The first kappa shape index (κ1) is 16.1. The van der Waals surface area contributed by atoms with Crippen molar-refractivity contribution < 1.29 is 9.18 Å². The maximum atomic E-state index is 13.8. The highest BCUT2D eigenvalue weighted by Crippen LogP contribution is 2.27. The Bertz CT molecular complexity index is 701. The van der Waals surface area contributed by atoms with Crippen LogP contribution in [0.3, 0.4) is 0 Å². The number of aromatic nitrogens is 1. The van der Waals surface area contributed by atoms with Crippen molar-refractivity contribution in [3.63, 3.8) is 0 Å². The molecule has 2 aromatic rings. The Kier molecular flexibility index (Phi) is 4.73. The molecule has 4 nitrogen and oxygen atoms in total. The molecule has 0 aliphatic carbocycles. The number of nitrogens with one attached hydrogen (secondary N) is 1. The number of likely N-dealkylation sites (tertiary alicyclic amines) is 1. The number of hydrogen-bond donors (Lipinski definition) is 1. The Morgan fingerprint density at radius 3 is 2.91 bits per heavy atom. The first-order valence-electron chi connectivity index (χ1n) is 7.80. The van der Waals surface area contributed by atoms with E-state index < -0.39 is 0 Å². The van der Waals surface area contributed by atoms with Crippen molar-refractivity contribution in [2.75, 3.05) is 13.1 Å².